The molecule has 0 fully saturated rings. The van der Waals surface area contributed by atoms with E-state index >= 15 is 0 Å². The summed E-state index contributed by atoms with van der Waals surface area (Å²) >= 11 is 3.23. The van der Waals surface area contributed by atoms with Crippen molar-refractivity contribution in [1.29, 1.82) is 0 Å². The van der Waals surface area contributed by atoms with Gasteiger partial charge in [-0.15, -0.1) is 0 Å². The van der Waals surface area contributed by atoms with Gasteiger partial charge in [-0.25, -0.2) is 18.1 Å². The third-order valence-corrected chi connectivity index (χ3v) is 4.97. The van der Waals surface area contributed by atoms with Crippen LogP contribution in [0.4, 0.5) is 5.82 Å². The van der Waals surface area contributed by atoms with Gasteiger partial charge in [-0.3, -0.25) is 4.79 Å². The number of hydrogen-bond acceptors (Lipinski definition) is 4. The second-order valence-electron chi connectivity index (χ2n) is 4.82. The third kappa shape index (κ3) is 5.12. The van der Waals surface area contributed by atoms with E-state index < -0.39 is 10.0 Å². The summed E-state index contributed by atoms with van der Waals surface area (Å²) in [5.74, 6) is 0.177. The maximum atomic E-state index is 12.1. The summed E-state index contributed by atoms with van der Waals surface area (Å²) in [6.45, 7) is 1.84. The lowest BCUT2D eigenvalue weighted by Crippen LogP contribution is -2.28. The number of carbonyl (C=O) groups is 1. The first-order valence-electron chi connectivity index (χ1n) is 6.85. The Labute approximate surface area is 143 Å². The number of anilines is 1. The van der Waals surface area contributed by atoms with E-state index in [9.17, 15) is 13.2 Å². The van der Waals surface area contributed by atoms with Crippen LogP contribution >= 0.6 is 15.9 Å². The average Bonchev–Trinajstić information content (AvgIpc) is 2.49. The Bertz CT molecular complexity index is 809. The zero-order chi connectivity index (χ0) is 16.9. The molecule has 23 heavy (non-hydrogen) atoms. The normalized spacial score (nSPS) is 11.2. The zero-order valence-corrected chi connectivity index (χ0v) is 14.8. The number of aryl methyl sites for hydroxylation is 1. The predicted molar refractivity (Wildman–Crippen MR) is 91.6 cm³/mol. The monoisotopic (exact) mass is 397 g/mol. The number of carbonyl (C=O) groups excluding carboxylic acids is 1. The van der Waals surface area contributed by atoms with Crippen LogP contribution in [0.3, 0.4) is 0 Å². The van der Waals surface area contributed by atoms with E-state index in [1.807, 2.05) is 13.0 Å². The first-order valence-corrected chi connectivity index (χ1v) is 9.13. The summed E-state index contributed by atoms with van der Waals surface area (Å²) < 4.78 is 27.3. The molecule has 0 unspecified atom stereocenters. The Balaban J connectivity index is 1.89. The standard InChI is InChI=1S/C15H16BrN3O3S/c1-11-4-3-8-17-15(11)19-14(20)7-9-18-23(21,22)13-6-2-5-12(16)10-13/h2-6,8,10,18H,7,9H2,1H3,(H,17,19,20). The van der Waals surface area contributed by atoms with Crippen LogP contribution in [0.1, 0.15) is 12.0 Å². The minimum Gasteiger partial charge on any atom is -0.310 e. The van der Waals surface area contributed by atoms with Crippen LogP contribution in [0.25, 0.3) is 0 Å². The number of nitrogens with zero attached hydrogens (tertiary/aromatic N) is 1. The summed E-state index contributed by atoms with van der Waals surface area (Å²) in [7, 11) is -3.64. The Kier molecular flexibility index (Phi) is 5.86. The molecule has 2 aromatic rings. The van der Waals surface area contributed by atoms with Gasteiger partial charge in [0.2, 0.25) is 15.9 Å². The van der Waals surface area contributed by atoms with Crippen LogP contribution in [0.5, 0.6) is 0 Å². The fourth-order valence-electron chi connectivity index (χ4n) is 1.83. The van der Waals surface area contributed by atoms with E-state index in [1.54, 1.807) is 24.4 Å². The number of rotatable bonds is 6. The average molecular weight is 398 g/mol. The van der Waals surface area contributed by atoms with Crippen LogP contribution in [0.15, 0.2) is 52.0 Å². The fraction of sp³-hybridized carbons (Fsp3) is 0.200. The summed E-state index contributed by atoms with van der Waals surface area (Å²) in [5.41, 5.74) is 0.843. The van der Waals surface area contributed by atoms with Gasteiger partial charge in [-0.05, 0) is 36.8 Å². The number of halogens is 1. The largest absolute Gasteiger partial charge is 0.310 e. The summed E-state index contributed by atoms with van der Waals surface area (Å²) in [4.78, 5) is 16.1. The molecule has 1 aromatic carbocycles. The fourth-order valence-corrected chi connectivity index (χ4v) is 3.46. The van der Waals surface area contributed by atoms with Crippen molar-refractivity contribution in [1.82, 2.24) is 9.71 Å². The van der Waals surface area contributed by atoms with E-state index in [0.717, 1.165) is 5.56 Å². The van der Waals surface area contributed by atoms with Crippen molar-refractivity contribution in [3.63, 3.8) is 0 Å². The predicted octanol–water partition coefficient (Wildman–Crippen LogP) is 2.46. The van der Waals surface area contributed by atoms with Gasteiger partial charge < -0.3 is 5.32 Å². The molecule has 0 saturated heterocycles. The molecule has 1 amide bonds. The van der Waals surface area contributed by atoms with Gasteiger partial charge >= 0.3 is 0 Å². The van der Waals surface area contributed by atoms with Crippen molar-refractivity contribution in [3.8, 4) is 0 Å². The maximum absolute atomic E-state index is 12.1. The SMILES string of the molecule is Cc1cccnc1NC(=O)CCNS(=O)(=O)c1cccc(Br)c1. The van der Waals surface area contributed by atoms with Crippen molar-refractivity contribution in [3.05, 3.63) is 52.6 Å². The van der Waals surface area contributed by atoms with E-state index in [0.29, 0.717) is 10.3 Å². The molecule has 1 heterocycles. The lowest BCUT2D eigenvalue weighted by molar-refractivity contribution is -0.116. The molecule has 2 N–H and O–H groups in total. The summed E-state index contributed by atoms with van der Waals surface area (Å²) in [6, 6.07) is 9.97. The molecule has 0 bridgehead atoms. The topological polar surface area (TPSA) is 88.2 Å². The van der Waals surface area contributed by atoms with E-state index in [4.69, 9.17) is 0 Å². The number of sulfonamides is 1. The van der Waals surface area contributed by atoms with Crippen LogP contribution in [-0.2, 0) is 14.8 Å². The number of benzene rings is 1. The highest BCUT2D eigenvalue weighted by molar-refractivity contribution is 9.10. The van der Waals surface area contributed by atoms with Crippen LogP contribution < -0.4 is 10.0 Å². The number of pyridine rings is 1. The number of nitrogens with one attached hydrogen (secondary N) is 2. The van der Waals surface area contributed by atoms with Gasteiger partial charge in [-0.2, -0.15) is 0 Å². The van der Waals surface area contributed by atoms with Crippen molar-refractivity contribution < 1.29 is 13.2 Å². The van der Waals surface area contributed by atoms with E-state index in [2.05, 4.69) is 31.0 Å². The molecule has 0 aliphatic rings. The van der Waals surface area contributed by atoms with Gasteiger partial charge in [0, 0.05) is 23.6 Å². The van der Waals surface area contributed by atoms with Gasteiger partial charge in [0.1, 0.15) is 5.82 Å². The molecule has 6 nitrogen and oxygen atoms in total. The van der Waals surface area contributed by atoms with Crippen molar-refractivity contribution in [2.24, 2.45) is 0 Å². The highest BCUT2D eigenvalue weighted by Crippen LogP contribution is 2.15. The van der Waals surface area contributed by atoms with E-state index in [1.165, 1.54) is 12.1 Å². The molecule has 0 radical (unpaired) electrons. The maximum Gasteiger partial charge on any atom is 0.240 e. The summed E-state index contributed by atoms with van der Waals surface area (Å²) in [5, 5.41) is 2.65. The number of aromatic nitrogens is 1. The first kappa shape index (κ1) is 17.6. The zero-order valence-electron chi connectivity index (χ0n) is 12.4. The molecule has 1 aromatic heterocycles. The molecular weight excluding hydrogens is 382 g/mol. The van der Waals surface area contributed by atoms with Crippen molar-refractivity contribution in [2.45, 2.75) is 18.2 Å². The Morgan fingerprint density at radius 1 is 1.26 bits per heavy atom. The quantitative estimate of drug-likeness (QED) is 0.783. The second kappa shape index (κ2) is 7.67. The smallest absolute Gasteiger partial charge is 0.240 e. The molecule has 0 spiro atoms. The Morgan fingerprint density at radius 3 is 2.74 bits per heavy atom. The van der Waals surface area contributed by atoms with Gasteiger partial charge in [-0.1, -0.05) is 28.1 Å². The molecule has 0 atom stereocenters. The second-order valence-corrected chi connectivity index (χ2v) is 7.50. The van der Waals surface area contributed by atoms with E-state index in [-0.39, 0.29) is 23.8 Å². The Hall–Kier alpha value is -1.77. The number of hydrogen-bond donors (Lipinski definition) is 2. The van der Waals surface area contributed by atoms with Crippen LogP contribution in [0, 0.1) is 6.92 Å². The minimum atomic E-state index is -3.64. The highest BCUT2D eigenvalue weighted by Gasteiger charge is 2.14. The highest BCUT2D eigenvalue weighted by atomic mass is 79.9. The van der Waals surface area contributed by atoms with Crippen LogP contribution in [-0.4, -0.2) is 25.9 Å². The van der Waals surface area contributed by atoms with Crippen molar-refractivity contribution >= 4 is 37.7 Å². The Morgan fingerprint density at radius 2 is 2.04 bits per heavy atom. The molecule has 0 aliphatic heterocycles. The molecule has 122 valence electrons. The van der Waals surface area contributed by atoms with Gasteiger partial charge in [0.15, 0.2) is 0 Å². The molecular formula is C15H16BrN3O3S. The molecule has 0 saturated carbocycles. The van der Waals surface area contributed by atoms with Gasteiger partial charge in [0.05, 0.1) is 4.90 Å². The first-order chi connectivity index (χ1) is 10.9. The lowest BCUT2D eigenvalue weighted by atomic mass is 10.3. The van der Waals surface area contributed by atoms with Gasteiger partial charge in [0.25, 0.3) is 0 Å². The van der Waals surface area contributed by atoms with Crippen LogP contribution in [0.2, 0.25) is 0 Å². The molecule has 2 rings (SSSR count). The lowest BCUT2D eigenvalue weighted by Gasteiger charge is -2.08. The summed E-state index contributed by atoms with van der Waals surface area (Å²) in [6.07, 6.45) is 1.60. The minimum absolute atomic E-state index is 0.00651. The third-order valence-electron chi connectivity index (χ3n) is 3.02. The molecule has 8 heteroatoms. The van der Waals surface area contributed by atoms with Crippen molar-refractivity contribution in [2.75, 3.05) is 11.9 Å². The molecule has 0 aliphatic carbocycles. The number of amides is 1.